The van der Waals surface area contributed by atoms with Crippen molar-refractivity contribution < 1.29 is 14.0 Å². The molecule has 2 N–H and O–H groups in total. The normalized spacial score (nSPS) is 10.4. The molecule has 0 aliphatic heterocycles. The van der Waals surface area contributed by atoms with Crippen LogP contribution in [0, 0.1) is 0 Å². The highest BCUT2D eigenvalue weighted by atomic mass is 32.2. The molecular weight excluding hydrogens is 360 g/mol. The molecule has 2 aromatic carbocycles. The lowest BCUT2D eigenvalue weighted by Gasteiger charge is -2.08. The highest BCUT2D eigenvalue weighted by Gasteiger charge is 2.16. The monoisotopic (exact) mass is 380 g/mol. The lowest BCUT2D eigenvalue weighted by Crippen LogP contribution is -2.41. The third-order valence-corrected chi connectivity index (χ3v) is 5.07. The Morgan fingerprint density at radius 3 is 2.33 bits per heavy atom. The maximum absolute atomic E-state index is 12.3. The molecule has 0 atom stereocenters. The Morgan fingerprint density at radius 1 is 0.926 bits per heavy atom. The second kappa shape index (κ2) is 9.09. The number of hydrazine groups is 1. The predicted molar refractivity (Wildman–Crippen MR) is 105 cm³/mol. The summed E-state index contributed by atoms with van der Waals surface area (Å²) in [7, 11) is 0. The summed E-state index contributed by atoms with van der Waals surface area (Å²) >= 11 is 1.61. The average Bonchev–Trinajstić information content (AvgIpc) is 3.20. The maximum Gasteiger partial charge on any atom is 0.305 e. The van der Waals surface area contributed by atoms with Crippen molar-refractivity contribution in [3.63, 3.8) is 0 Å². The van der Waals surface area contributed by atoms with Crippen LogP contribution < -0.4 is 10.9 Å². The van der Waals surface area contributed by atoms with Gasteiger partial charge in [0.2, 0.25) is 0 Å². The summed E-state index contributed by atoms with van der Waals surface area (Å²) in [6.45, 7) is 2.05. The van der Waals surface area contributed by atoms with Crippen LogP contribution in [0.1, 0.15) is 39.0 Å². The highest BCUT2D eigenvalue weighted by molar-refractivity contribution is 7.98. The molecule has 138 valence electrons. The van der Waals surface area contributed by atoms with E-state index in [0.717, 1.165) is 22.4 Å². The Morgan fingerprint density at radius 2 is 1.63 bits per heavy atom. The Bertz CT molecular complexity index is 905. The molecule has 1 aromatic heterocycles. The van der Waals surface area contributed by atoms with Crippen molar-refractivity contribution in [2.45, 2.75) is 24.0 Å². The summed E-state index contributed by atoms with van der Waals surface area (Å²) in [6, 6.07) is 18.9. The average molecular weight is 380 g/mol. The molecule has 5 nitrogen and oxygen atoms in total. The fourth-order valence-electron chi connectivity index (χ4n) is 2.46. The zero-order valence-corrected chi connectivity index (χ0v) is 15.7. The Hall–Kier alpha value is -2.99. The smallest absolute Gasteiger partial charge is 0.305 e. The first kappa shape index (κ1) is 18.8. The molecule has 0 unspecified atom stereocenters. The van der Waals surface area contributed by atoms with Gasteiger partial charge in [0.15, 0.2) is 5.76 Å². The first-order chi connectivity index (χ1) is 13.2. The Kier molecular flexibility index (Phi) is 6.33. The number of benzene rings is 2. The van der Waals surface area contributed by atoms with E-state index in [1.165, 1.54) is 6.26 Å². The number of aryl methyl sites for hydroxylation is 1. The molecule has 0 saturated carbocycles. The van der Waals surface area contributed by atoms with E-state index in [4.69, 9.17) is 4.42 Å². The molecule has 3 aromatic rings. The fourth-order valence-corrected chi connectivity index (χ4v) is 3.36. The zero-order valence-electron chi connectivity index (χ0n) is 14.9. The summed E-state index contributed by atoms with van der Waals surface area (Å²) < 4.78 is 5.31. The van der Waals surface area contributed by atoms with Gasteiger partial charge in [0.25, 0.3) is 5.91 Å². The molecule has 3 rings (SSSR count). The minimum Gasteiger partial charge on any atom is -0.459 e. The van der Waals surface area contributed by atoms with E-state index in [0.29, 0.717) is 11.3 Å². The third kappa shape index (κ3) is 5.01. The largest absolute Gasteiger partial charge is 0.459 e. The molecule has 0 bridgehead atoms. The summed E-state index contributed by atoms with van der Waals surface area (Å²) in [5, 5.41) is 0. The van der Waals surface area contributed by atoms with Crippen molar-refractivity contribution in [3.8, 4) is 0 Å². The topological polar surface area (TPSA) is 71.3 Å². The van der Waals surface area contributed by atoms with Crippen LogP contribution in [-0.4, -0.2) is 11.8 Å². The van der Waals surface area contributed by atoms with Crippen molar-refractivity contribution >= 4 is 23.6 Å². The lowest BCUT2D eigenvalue weighted by molar-refractivity contribution is 0.0830. The van der Waals surface area contributed by atoms with Crippen LogP contribution in [0.4, 0.5) is 0 Å². The number of hydrogen-bond donors (Lipinski definition) is 2. The van der Waals surface area contributed by atoms with Gasteiger partial charge < -0.3 is 4.42 Å². The van der Waals surface area contributed by atoms with Gasteiger partial charge in [0.1, 0.15) is 0 Å². The van der Waals surface area contributed by atoms with Crippen molar-refractivity contribution in [2.24, 2.45) is 0 Å². The molecule has 2 amide bonds. The van der Waals surface area contributed by atoms with E-state index < -0.39 is 5.91 Å². The lowest BCUT2D eigenvalue weighted by atomic mass is 10.1. The molecular formula is C21H20N2O3S. The van der Waals surface area contributed by atoms with Crippen LogP contribution in [0.15, 0.2) is 76.2 Å². The molecule has 0 aliphatic rings. The SMILES string of the molecule is CCc1ccc(C(=O)NNC(=O)c2occc2CSc2ccccc2)cc1. The Labute approximate surface area is 162 Å². The van der Waals surface area contributed by atoms with E-state index in [-0.39, 0.29) is 11.7 Å². The quantitative estimate of drug-likeness (QED) is 0.496. The predicted octanol–water partition coefficient (Wildman–Crippen LogP) is 4.21. The van der Waals surface area contributed by atoms with E-state index in [1.54, 1.807) is 30.0 Å². The van der Waals surface area contributed by atoms with Gasteiger partial charge >= 0.3 is 5.91 Å². The van der Waals surface area contributed by atoms with Crippen molar-refractivity contribution in [2.75, 3.05) is 0 Å². The van der Waals surface area contributed by atoms with Gasteiger partial charge in [-0.15, -0.1) is 11.8 Å². The summed E-state index contributed by atoms with van der Waals surface area (Å²) in [4.78, 5) is 25.6. The standard InChI is InChI=1S/C21H20N2O3S/c1-2-15-8-10-16(11-9-15)20(24)22-23-21(25)19-17(12-13-26-19)14-27-18-6-4-3-5-7-18/h3-13H,2,14H2,1H3,(H,22,24)(H,23,25). The third-order valence-electron chi connectivity index (χ3n) is 4.00. The Balaban J connectivity index is 1.56. The molecule has 0 radical (unpaired) electrons. The number of thioether (sulfide) groups is 1. The number of rotatable bonds is 6. The van der Waals surface area contributed by atoms with Gasteiger partial charge in [-0.1, -0.05) is 37.3 Å². The van der Waals surface area contributed by atoms with Gasteiger partial charge in [-0.3, -0.25) is 20.4 Å². The van der Waals surface area contributed by atoms with Crippen LogP contribution in [0.25, 0.3) is 0 Å². The van der Waals surface area contributed by atoms with Gasteiger partial charge in [-0.05, 0) is 42.3 Å². The number of carbonyl (C=O) groups is 2. The van der Waals surface area contributed by atoms with Gasteiger partial charge in [-0.2, -0.15) is 0 Å². The number of amides is 2. The zero-order chi connectivity index (χ0) is 19.1. The van der Waals surface area contributed by atoms with Crippen molar-refractivity contribution in [1.82, 2.24) is 10.9 Å². The maximum atomic E-state index is 12.3. The molecule has 6 heteroatoms. The second-order valence-electron chi connectivity index (χ2n) is 5.84. The van der Waals surface area contributed by atoms with Crippen LogP contribution in [0.2, 0.25) is 0 Å². The van der Waals surface area contributed by atoms with Gasteiger partial charge in [-0.25, -0.2) is 0 Å². The second-order valence-corrected chi connectivity index (χ2v) is 6.88. The first-order valence-electron chi connectivity index (χ1n) is 8.61. The number of furan rings is 1. The van der Waals surface area contributed by atoms with Crippen LogP contribution in [-0.2, 0) is 12.2 Å². The van der Waals surface area contributed by atoms with Crippen LogP contribution in [0.3, 0.4) is 0 Å². The van der Waals surface area contributed by atoms with E-state index in [9.17, 15) is 9.59 Å². The van der Waals surface area contributed by atoms with Gasteiger partial charge in [0.05, 0.1) is 6.26 Å². The van der Waals surface area contributed by atoms with E-state index in [1.807, 2.05) is 49.4 Å². The molecule has 0 saturated heterocycles. The summed E-state index contributed by atoms with van der Waals surface area (Å²) in [6.07, 6.45) is 2.38. The molecule has 27 heavy (non-hydrogen) atoms. The molecule has 1 heterocycles. The molecule has 0 aliphatic carbocycles. The minimum atomic E-state index is -0.484. The first-order valence-corrected chi connectivity index (χ1v) is 9.59. The molecule has 0 spiro atoms. The van der Waals surface area contributed by atoms with Crippen molar-refractivity contribution in [1.29, 1.82) is 0 Å². The van der Waals surface area contributed by atoms with E-state index in [2.05, 4.69) is 10.9 Å². The summed E-state index contributed by atoms with van der Waals surface area (Å²) in [5.74, 6) is -0.0737. The number of nitrogens with one attached hydrogen (secondary N) is 2. The summed E-state index contributed by atoms with van der Waals surface area (Å²) in [5.41, 5.74) is 7.22. The molecule has 0 fully saturated rings. The minimum absolute atomic E-state index is 0.195. The van der Waals surface area contributed by atoms with Gasteiger partial charge in [0, 0.05) is 21.8 Å². The number of hydrogen-bond acceptors (Lipinski definition) is 4. The highest BCUT2D eigenvalue weighted by Crippen LogP contribution is 2.24. The van der Waals surface area contributed by atoms with Crippen LogP contribution >= 0.6 is 11.8 Å². The van der Waals surface area contributed by atoms with Crippen LogP contribution in [0.5, 0.6) is 0 Å². The number of carbonyl (C=O) groups excluding carboxylic acids is 2. The fraction of sp³-hybridized carbons (Fsp3) is 0.143. The van der Waals surface area contributed by atoms with E-state index >= 15 is 0 Å². The van der Waals surface area contributed by atoms with Crippen molar-refractivity contribution in [3.05, 3.63) is 89.4 Å².